The molecular weight excluding hydrogens is 452 g/mol. The lowest BCUT2D eigenvalue weighted by molar-refractivity contribution is -0.142. The number of carbonyl (C=O) groups excluding carboxylic acids is 1. The van der Waals surface area contributed by atoms with Crippen LogP contribution in [0.5, 0.6) is 0 Å². The van der Waals surface area contributed by atoms with Crippen LogP contribution in [0.2, 0.25) is 0 Å². The summed E-state index contributed by atoms with van der Waals surface area (Å²) >= 11 is 1.55. The fourth-order valence-electron chi connectivity index (χ4n) is 7.52. The minimum absolute atomic E-state index is 0.101. The molecule has 7 atom stereocenters. The number of nitrogens with zero attached hydrogens (tertiary/aromatic N) is 1. The van der Waals surface area contributed by atoms with Crippen LogP contribution in [0.1, 0.15) is 71.6 Å². The second kappa shape index (κ2) is 10.2. The van der Waals surface area contributed by atoms with Gasteiger partial charge < -0.3 is 20.4 Å². The highest BCUT2D eigenvalue weighted by Gasteiger charge is 2.58. The molecule has 0 radical (unpaired) electrons. The second-order valence-electron chi connectivity index (χ2n) is 11.2. The Morgan fingerprint density at radius 2 is 2.00 bits per heavy atom. The number of aliphatic hydroxyl groups is 1. The lowest BCUT2D eigenvalue weighted by atomic mass is 9.47. The van der Waals surface area contributed by atoms with Gasteiger partial charge in [0.2, 0.25) is 0 Å². The van der Waals surface area contributed by atoms with E-state index in [-0.39, 0.29) is 23.5 Å². The first-order valence-corrected chi connectivity index (χ1v) is 14.2. The summed E-state index contributed by atoms with van der Waals surface area (Å²) in [4.78, 5) is 28.8. The lowest BCUT2D eigenvalue weighted by Gasteiger charge is -2.57. The van der Waals surface area contributed by atoms with E-state index in [2.05, 4.69) is 30.4 Å². The number of amides is 1. The van der Waals surface area contributed by atoms with Crippen molar-refractivity contribution in [1.82, 2.24) is 5.32 Å². The molecule has 0 unspecified atom stereocenters. The van der Waals surface area contributed by atoms with Crippen molar-refractivity contribution in [2.75, 3.05) is 18.6 Å². The van der Waals surface area contributed by atoms with Gasteiger partial charge in [-0.15, -0.1) is 0 Å². The van der Waals surface area contributed by atoms with Crippen molar-refractivity contribution in [2.45, 2.75) is 83.8 Å². The molecule has 0 bridgehead atoms. The number of carbonyl (C=O) groups is 2. The third-order valence-electron chi connectivity index (χ3n) is 9.55. The number of thioether (sulfide) groups is 1. The van der Waals surface area contributed by atoms with Crippen LogP contribution in [0.15, 0.2) is 16.8 Å². The number of rotatable bonds is 8. The smallest absolute Gasteiger partial charge is 0.326 e. The first-order valence-electron chi connectivity index (χ1n) is 12.8. The molecule has 190 valence electrons. The van der Waals surface area contributed by atoms with Gasteiger partial charge in [0.25, 0.3) is 5.91 Å². The Hall–Kier alpha value is -1.54. The van der Waals surface area contributed by atoms with Crippen molar-refractivity contribution in [1.29, 1.82) is 0 Å². The van der Waals surface area contributed by atoms with Crippen LogP contribution in [-0.2, 0) is 14.4 Å². The van der Waals surface area contributed by atoms with Crippen molar-refractivity contribution in [2.24, 2.45) is 33.7 Å². The van der Waals surface area contributed by atoms with Crippen molar-refractivity contribution in [3.63, 3.8) is 0 Å². The molecule has 3 N–H and O–H groups in total. The first kappa shape index (κ1) is 25.5. The number of carboxylic acids is 1. The molecule has 3 saturated carbocycles. The van der Waals surface area contributed by atoms with Crippen LogP contribution in [0, 0.1) is 28.6 Å². The monoisotopic (exact) mass is 492 g/mol. The topological polar surface area (TPSA) is 108 Å². The zero-order valence-electron chi connectivity index (χ0n) is 20.7. The number of aliphatic carboxylic acids is 1. The normalized spacial score (nSPS) is 38.8. The maximum absolute atomic E-state index is 12.1. The molecule has 4 aliphatic carbocycles. The van der Waals surface area contributed by atoms with Crippen LogP contribution in [0.3, 0.4) is 0 Å². The molecule has 0 aliphatic heterocycles. The highest BCUT2D eigenvalue weighted by atomic mass is 32.2. The van der Waals surface area contributed by atoms with Crippen molar-refractivity contribution < 1.29 is 24.6 Å². The summed E-state index contributed by atoms with van der Waals surface area (Å²) in [6, 6.07) is -0.901. The predicted molar refractivity (Wildman–Crippen MR) is 134 cm³/mol. The molecular formula is C26H40N2O5S. The van der Waals surface area contributed by atoms with Crippen LogP contribution in [-0.4, -0.2) is 58.6 Å². The Labute approximate surface area is 207 Å². The van der Waals surface area contributed by atoms with Gasteiger partial charge in [-0.05, 0) is 104 Å². The van der Waals surface area contributed by atoms with E-state index in [4.69, 9.17) is 4.84 Å². The van der Waals surface area contributed by atoms with Gasteiger partial charge in [-0.3, -0.25) is 4.79 Å². The van der Waals surface area contributed by atoms with Crippen LogP contribution in [0.4, 0.5) is 0 Å². The van der Waals surface area contributed by atoms with E-state index in [0.717, 1.165) is 44.2 Å². The zero-order chi connectivity index (χ0) is 24.5. The molecule has 0 spiro atoms. The molecule has 0 aromatic heterocycles. The molecule has 3 fully saturated rings. The number of hydrogen-bond acceptors (Lipinski definition) is 6. The van der Waals surface area contributed by atoms with E-state index in [1.807, 2.05) is 6.26 Å². The Morgan fingerprint density at radius 3 is 2.74 bits per heavy atom. The van der Waals surface area contributed by atoms with Crippen molar-refractivity contribution in [3.8, 4) is 0 Å². The second-order valence-corrected chi connectivity index (χ2v) is 12.2. The number of oxime groups is 1. The summed E-state index contributed by atoms with van der Waals surface area (Å²) in [6.07, 6.45) is 12.9. The van der Waals surface area contributed by atoms with Gasteiger partial charge in [-0.25, -0.2) is 4.79 Å². The quantitative estimate of drug-likeness (QED) is 0.442. The van der Waals surface area contributed by atoms with Crippen molar-refractivity contribution in [3.05, 3.63) is 11.6 Å². The molecule has 4 aliphatic rings. The summed E-state index contributed by atoms with van der Waals surface area (Å²) in [6.45, 7) is 4.47. The van der Waals surface area contributed by atoms with Gasteiger partial charge in [0, 0.05) is 0 Å². The third kappa shape index (κ3) is 4.77. The summed E-state index contributed by atoms with van der Waals surface area (Å²) < 4.78 is 0. The average molecular weight is 493 g/mol. The molecule has 8 heteroatoms. The molecule has 0 heterocycles. The van der Waals surface area contributed by atoms with E-state index < -0.39 is 17.9 Å². The van der Waals surface area contributed by atoms with E-state index in [1.165, 1.54) is 18.4 Å². The number of aliphatic hydroxyl groups excluding tert-OH is 1. The van der Waals surface area contributed by atoms with Crippen molar-refractivity contribution >= 4 is 29.4 Å². The number of allylic oxidation sites excluding steroid dienone is 2. The highest BCUT2D eigenvalue weighted by Crippen LogP contribution is 2.65. The number of nitrogens with one attached hydrogen (secondary N) is 1. The molecule has 4 rings (SSSR count). The maximum atomic E-state index is 12.1. The summed E-state index contributed by atoms with van der Waals surface area (Å²) in [7, 11) is 0. The Morgan fingerprint density at radius 1 is 1.21 bits per heavy atom. The lowest BCUT2D eigenvalue weighted by Crippen LogP contribution is -2.51. The largest absolute Gasteiger partial charge is 0.480 e. The number of carboxylic acid groups (broad SMARTS) is 1. The Bertz CT molecular complexity index is 860. The van der Waals surface area contributed by atoms with Crippen LogP contribution in [0.25, 0.3) is 0 Å². The van der Waals surface area contributed by atoms with Gasteiger partial charge in [-0.1, -0.05) is 24.6 Å². The minimum Gasteiger partial charge on any atom is -0.480 e. The fraction of sp³-hybridized carbons (Fsp3) is 0.808. The fourth-order valence-corrected chi connectivity index (χ4v) is 7.99. The molecule has 34 heavy (non-hydrogen) atoms. The molecule has 0 saturated heterocycles. The van der Waals surface area contributed by atoms with Gasteiger partial charge in [0.05, 0.1) is 11.8 Å². The van der Waals surface area contributed by atoms with Gasteiger partial charge in [-0.2, -0.15) is 11.8 Å². The van der Waals surface area contributed by atoms with Gasteiger partial charge >= 0.3 is 5.97 Å². The highest BCUT2D eigenvalue weighted by molar-refractivity contribution is 7.98. The van der Waals surface area contributed by atoms with E-state index in [1.54, 1.807) is 11.8 Å². The van der Waals surface area contributed by atoms with Crippen LogP contribution >= 0.6 is 11.8 Å². The maximum Gasteiger partial charge on any atom is 0.326 e. The minimum atomic E-state index is -1.03. The van der Waals surface area contributed by atoms with Gasteiger partial charge in [0.1, 0.15) is 6.04 Å². The van der Waals surface area contributed by atoms with E-state index in [9.17, 15) is 19.8 Å². The van der Waals surface area contributed by atoms with E-state index in [0.29, 0.717) is 29.9 Å². The average Bonchev–Trinajstić information content (AvgIpc) is 3.11. The van der Waals surface area contributed by atoms with Gasteiger partial charge in [0.15, 0.2) is 6.61 Å². The summed E-state index contributed by atoms with van der Waals surface area (Å²) in [5.74, 6) is 1.17. The van der Waals surface area contributed by atoms with Crippen LogP contribution < -0.4 is 5.32 Å². The predicted octanol–water partition coefficient (Wildman–Crippen LogP) is 4.01. The summed E-state index contributed by atoms with van der Waals surface area (Å²) in [5.41, 5.74) is 2.61. The Kier molecular flexibility index (Phi) is 7.67. The first-order chi connectivity index (χ1) is 16.2. The standard InChI is InChI=1S/C26H40N2O5S/c1-25-11-8-17(28-33-15-23(30)27-21(24(31)32)10-13-34-3)14-16(25)4-5-18-19-6-7-22(29)26(19,2)12-9-20(18)25/h14,18-22,29H,4-13,15H2,1-3H3,(H,27,30)(H,31,32)/b28-17-/t18-,19-,20-,21-,22-,25-,26-/m0/s1. The Balaban J connectivity index is 1.36. The van der Waals surface area contributed by atoms with E-state index >= 15 is 0 Å². The number of fused-ring (bicyclic) bond motifs is 5. The molecule has 0 aromatic carbocycles. The molecule has 0 aromatic rings. The SMILES string of the molecule is CSCC[C@H](NC(=O)CO/N=C1\C=C2CC[C@H]3[C@@H]4CC[C@H](O)[C@@]4(C)CC[C@@H]3[C@@]2(C)CC1)C(=O)O. The molecule has 7 nitrogen and oxygen atoms in total. The summed E-state index contributed by atoms with van der Waals surface area (Å²) in [5, 5.41) is 26.6. The zero-order valence-corrected chi connectivity index (χ0v) is 21.5. The number of hydrogen-bond donors (Lipinski definition) is 3. The third-order valence-corrected chi connectivity index (χ3v) is 10.2. The molecule has 1 amide bonds.